The van der Waals surface area contributed by atoms with E-state index in [2.05, 4.69) is 126 Å². The average molecular weight is 691 g/mol. The summed E-state index contributed by atoms with van der Waals surface area (Å²) in [7, 11) is 0. The third kappa shape index (κ3) is 4.76. The molecule has 3 heterocycles. The summed E-state index contributed by atoms with van der Waals surface area (Å²) in [5.74, 6) is 1.78. The zero-order chi connectivity index (χ0) is 35.6. The van der Waals surface area contributed by atoms with E-state index in [1.807, 2.05) is 60.7 Å². The Morgan fingerprint density at radius 2 is 0.907 bits per heavy atom. The number of rotatable bonds is 5. The van der Waals surface area contributed by atoms with Crippen LogP contribution in [0.15, 0.2) is 186 Å². The Morgan fingerprint density at radius 3 is 1.56 bits per heavy atom. The van der Waals surface area contributed by atoms with Crippen molar-refractivity contribution in [1.82, 2.24) is 19.5 Å². The van der Waals surface area contributed by atoms with Gasteiger partial charge >= 0.3 is 0 Å². The molecule has 0 saturated carbocycles. The third-order valence-corrected chi connectivity index (χ3v) is 10.5. The van der Waals surface area contributed by atoms with Crippen molar-refractivity contribution in [2.24, 2.45) is 0 Å². The predicted molar refractivity (Wildman–Crippen MR) is 221 cm³/mol. The van der Waals surface area contributed by atoms with E-state index in [4.69, 9.17) is 19.4 Å². The van der Waals surface area contributed by atoms with Crippen LogP contribution in [0.3, 0.4) is 0 Å². The Balaban J connectivity index is 1.15. The van der Waals surface area contributed by atoms with E-state index in [-0.39, 0.29) is 0 Å². The fourth-order valence-electron chi connectivity index (χ4n) is 7.98. The highest BCUT2D eigenvalue weighted by Crippen LogP contribution is 2.44. The summed E-state index contributed by atoms with van der Waals surface area (Å²) in [5.41, 5.74) is 9.88. The first kappa shape index (κ1) is 30.3. The number of nitrogens with zero attached hydrogens (tertiary/aromatic N) is 4. The Kier molecular flexibility index (Phi) is 6.79. The van der Waals surface area contributed by atoms with Crippen LogP contribution in [0.4, 0.5) is 0 Å². The lowest BCUT2D eigenvalue weighted by molar-refractivity contribution is 0.670. The molecule has 11 aromatic rings. The molecule has 0 N–H and O–H groups in total. The standard InChI is InChI=1S/C49H30N4O/c1-3-14-33(15-4-1)47-50-48(34-16-5-2-6-17-34)52-49(51-47)40-29-28-37(45-44-36-18-8-7-13-31(36)25-30-43(44)54-46(40)45)32-23-26-35(27-24-32)53-41-21-11-9-19-38(41)39-20-10-12-22-42(39)53/h1-30H. The van der Waals surface area contributed by atoms with Crippen molar-refractivity contribution in [2.75, 3.05) is 0 Å². The minimum atomic E-state index is 0.560. The number of furan rings is 1. The summed E-state index contributed by atoms with van der Waals surface area (Å²) in [6.07, 6.45) is 0. The smallest absolute Gasteiger partial charge is 0.167 e. The molecule has 0 atom stereocenters. The summed E-state index contributed by atoms with van der Waals surface area (Å²) in [4.78, 5) is 15.1. The summed E-state index contributed by atoms with van der Waals surface area (Å²) in [6, 6.07) is 63.3. The minimum absolute atomic E-state index is 0.560. The van der Waals surface area contributed by atoms with Crippen LogP contribution in [-0.4, -0.2) is 19.5 Å². The van der Waals surface area contributed by atoms with Gasteiger partial charge < -0.3 is 8.98 Å². The van der Waals surface area contributed by atoms with Crippen LogP contribution in [0.1, 0.15) is 0 Å². The number of hydrogen-bond donors (Lipinski definition) is 0. The SMILES string of the molecule is c1ccc(-c2nc(-c3ccccc3)nc(-c3ccc(-c4ccc(-n5c6ccccc6c6ccccc65)cc4)c4c3oc3ccc5ccccc5c34)n2)cc1. The number of fused-ring (bicyclic) bond motifs is 8. The van der Waals surface area contributed by atoms with Crippen molar-refractivity contribution in [3.63, 3.8) is 0 Å². The summed E-state index contributed by atoms with van der Waals surface area (Å²) in [6.45, 7) is 0. The van der Waals surface area contributed by atoms with Crippen molar-refractivity contribution in [2.45, 2.75) is 0 Å². The molecule has 8 aromatic carbocycles. The Hall–Kier alpha value is -7.37. The highest BCUT2D eigenvalue weighted by atomic mass is 16.3. The quantitative estimate of drug-likeness (QED) is 0.180. The van der Waals surface area contributed by atoms with Gasteiger partial charge in [-0.15, -0.1) is 0 Å². The van der Waals surface area contributed by atoms with Gasteiger partial charge in [0, 0.05) is 38.4 Å². The van der Waals surface area contributed by atoms with Crippen LogP contribution in [0.2, 0.25) is 0 Å². The molecule has 0 unspecified atom stereocenters. The van der Waals surface area contributed by atoms with Crippen molar-refractivity contribution in [3.05, 3.63) is 182 Å². The molecule has 5 nitrogen and oxygen atoms in total. The number of benzene rings is 8. The lowest BCUT2D eigenvalue weighted by Crippen LogP contribution is -2.00. The average Bonchev–Trinajstić information content (AvgIpc) is 3.81. The van der Waals surface area contributed by atoms with E-state index in [9.17, 15) is 0 Å². The second kappa shape index (κ2) is 12.1. The van der Waals surface area contributed by atoms with Crippen LogP contribution in [0.25, 0.3) is 105 Å². The van der Waals surface area contributed by atoms with Gasteiger partial charge in [-0.3, -0.25) is 0 Å². The van der Waals surface area contributed by atoms with Gasteiger partial charge in [0.25, 0.3) is 0 Å². The first-order chi connectivity index (χ1) is 26.8. The van der Waals surface area contributed by atoms with E-state index >= 15 is 0 Å². The van der Waals surface area contributed by atoms with Crippen LogP contribution in [-0.2, 0) is 0 Å². The summed E-state index contributed by atoms with van der Waals surface area (Å²) >= 11 is 0. The topological polar surface area (TPSA) is 56.7 Å². The zero-order valence-electron chi connectivity index (χ0n) is 29.0. The van der Waals surface area contributed by atoms with Crippen molar-refractivity contribution in [1.29, 1.82) is 0 Å². The Bertz CT molecular complexity index is 3090. The van der Waals surface area contributed by atoms with Crippen LogP contribution in [0, 0.1) is 0 Å². The van der Waals surface area contributed by atoms with Crippen molar-refractivity contribution < 1.29 is 4.42 Å². The molecular weight excluding hydrogens is 661 g/mol. The van der Waals surface area contributed by atoms with Gasteiger partial charge in [-0.2, -0.15) is 0 Å². The van der Waals surface area contributed by atoms with Gasteiger partial charge in [0.15, 0.2) is 17.5 Å². The maximum atomic E-state index is 6.87. The molecule has 0 bridgehead atoms. The first-order valence-electron chi connectivity index (χ1n) is 18.1. The molecule has 11 rings (SSSR count). The van der Waals surface area contributed by atoms with Gasteiger partial charge in [-0.25, -0.2) is 15.0 Å². The summed E-state index contributed by atoms with van der Waals surface area (Å²) < 4.78 is 9.22. The normalized spacial score (nSPS) is 11.7. The molecule has 5 heteroatoms. The maximum Gasteiger partial charge on any atom is 0.167 e. The van der Waals surface area contributed by atoms with Gasteiger partial charge in [0.05, 0.1) is 16.6 Å². The third-order valence-electron chi connectivity index (χ3n) is 10.5. The van der Waals surface area contributed by atoms with Gasteiger partial charge in [-0.05, 0) is 58.3 Å². The zero-order valence-corrected chi connectivity index (χ0v) is 29.0. The second-order valence-electron chi connectivity index (χ2n) is 13.6. The van der Waals surface area contributed by atoms with Crippen LogP contribution in [0.5, 0.6) is 0 Å². The molecule has 54 heavy (non-hydrogen) atoms. The lowest BCUT2D eigenvalue weighted by Gasteiger charge is -2.12. The molecule has 0 saturated heterocycles. The van der Waals surface area contributed by atoms with E-state index in [0.29, 0.717) is 17.5 Å². The molecule has 0 aliphatic carbocycles. The fraction of sp³-hybridized carbons (Fsp3) is 0. The van der Waals surface area contributed by atoms with Crippen molar-refractivity contribution >= 4 is 54.5 Å². The van der Waals surface area contributed by atoms with Gasteiger partial charge in [0.1, 0.15) is 11.2 Å². The monoisotopic (exact) mass is 690 g/mol. The maximum absolute atomic E-state index is 6.87. The lowest BCUT2D eigenvalue weighted by atomic mass is 9.94. The number of hydrogen-bond acceptors (Lipinski definition) is 4. The minimum Gasteiger partial charge on any atom is -0.455 e. The molecule has 3 aromatic heterocycles. The molecule has 0 amide bonds. The van der Waals surface area contributed by atoms with E-state index in [1.165, 1.54) is 21.8 Å². The molecule has 0 aliphatic heterocycles. The van der Waals surface area contributed by atoms with E-state index < -0.39 is 0 Å². The highest BCUT2D eigenvalue weighted by Gasteiger charge is 2.22. The van der Waals surface area contributed by atoms with Crippen LogP contribution < -0.4 is 0 Å². The predicted octanol–water partition coefficient (Wildman–Crippen LogP) is 12.7. The van der Waals surface area contributed by atoms with Gasteiger partial charge in [-0.1, -0.05) is 146 Å². The molecule has 0 aliphatic rings. The highest BCUT2D eigenvalue weighted by molar-refractivity contribution is 6.24. The van der Waals surface area contributed by atoms with Gasteiger partial charge in [0.2, 0.25) is 0 Å². The van der Waals surface area contributed by atoms with E-state index in [1.54, 1.807) is 0 Å². The molecule has 0 radical (unpaired) electrons. The number of para-hydroxylation sites is 2. The molecule has 252 valence electrons. The Morgan fingerprint density at radius 1 is 0.370 bits per heavy atom. The largest absolute Gasteiger partial charge is 0.455 e. The van der Waals surface area contributed by atoms with Crippen LogP contribution >= 0.6 is 0 Å². The Labute approximate surface area is 310 Å². The first-order valence-corrected chi connectivity index (χ1v) is 18.1. The summed E-state index contributed by atoms with van der Waals surface area (Å²) in [5, 5.41) is 6.90. The van der Waals surface area contributed by atoms with E-state index in [0.717, 1.165) is 66.2 Å². The fourth-order valence-corrected chi connectivity index (χ4v) is 7.98. The van der Waals surface area contributed by atoms with Crippen molar-refractivity contribution in [3.8, 4) is 51.0 Å². The number of aromatic nitrogens is 4. The molecular formula is C49H30N4O. The molecule has 0 spiro atoms. The second-order valence-corrected chi connectivity index (χ2v) is 13.6. The molecule has 0 fully saturated rings.